The minimum atomic E-state index is -4.25. The number of nitrogens with zero attached hydrogens (tertiary/aromatic N) is 2. The summed E-state index contributed by atoms with van der Waals surface area (Å²) >= 11 is 0. The van der Waals surface area contributed by atoms with Crippen molar-refractivity contribution >= 4 is 15.7 Å². The van der Waals surface area contributed by atoms with Crippen molar-refractivity contribution in [2.45, 2.75) is 11.4 Å². The van der Waals surface area contributed by atoms with Gasteiger partial charge in [0, 0.05) is 6.07 Å². The van der Waals surface area contributed by atoms with Crippen LogP contribution in [0.5, 0.6) is 0 Å². The van der Waals surface area contributed by atoms with Crippen LogP contribution < -0.4 is 4.72 Å². The summed E-state index contributed by atoms with van der Waals surface area (Å²) in [5.74, 6) is -1.01. The number of sulfonamides is 1. The van der Waals surface area contributed by atoms with Crippen molar-refractivity contribution in [1.29, 1.82) is 0 Å². The van der Waals surface area contributed by atoms with Crippen molar-refractivity contribution in [2.24, 2.45) is 0 Å². The third-order valence-corrected chi connectivity index (χ3v) is 3.78. The zero-order valence-electron chi connectivity index (χ0n) is 9.82. The van der Waals surface area contributed by atoms with E-state index in [1.165, 1.54) is 12.3 Å². The molecule has 0 unspecified atom stereocenters. The average Bonchev–Trinajstić information content (AvgIpc) is 2.89. The highest BCUT2D eigenvalue weighted by Gasteiger charge is 2.29. The zero-order valence-corrected chi connectivity index (χ0v) is 10.6. The monoisotopic (exact) mass is 301 g/mol. The van der Waals surface area contributed by atoms with Gasteiger partial charge in [-0.25, -0.2) is 13.1 Å². The normalized spacial score (nSPS) is 11.4. The summed E-state index contributed by atoms with van der Waals surface area (Å²) in [6.45, 7) is -0.254. The standard InChI is InChI=1S/C10H8FN3O5S/c11-8-2-1-3-9(10(8)14(15)16)20(17,18)13-6-7-4-5-12-19-7/h1-5,13H,6H2. The molecular weight excluding hydrogens is 293 g/mol. The quantitative estimate of drug-likeness (QED) is 0.655. The van der Waals surface area contributed by atoms with E-state index in [-0.39, 0.29) is 12.3 Å². The molecule has 0 aliphatic heterocycles. The molecule has 0 fully saturated rings. The second-order valence-electron chi connectivity index (χ2n) is 3.65. The van der Waals surface area contributed by atoms with Gasteiger partial charge in [0.05, 0.1) is 17.7 Å². The van der Waals surface area contributed by atoms with E-state index in [9.17, 15) is 22.9 Å². The number of hydrogen-bond donors (Lipinski definition) is 1. The molecule has 2 aromatic rings. The van der Waals surface area contributed by atoms with Gasteiger partial charge in [-0.1, -0.05) is 11.2 Å². The molecule has 0 amide bonds. The number of hydrogen-bond acceptors (Lipinski definition) is 6. The maximum absolute atomic E-state index is 13.4. The number of nitro groups is 1. The molecule has 8 nitrogen and oxygen atoms in total. The Morgan fingerprint density at radius 1 is 1.40 bits per heavy atom. The molecule has 1 aromatic heterocycles. The van der Waals surface area contributed by atoms with Crippen LogP contribution in [0.3, 0.4) is 0 Å². The highest BCUT2D eigenvalue weighted by atomic mass is 32.2. The van der Waals surface area contributed by atoms with Gasteiger partial charge in [-0.05, 0) is 12.1 Å². The lowest BCUT2D eigenvalue weighted by Crippen LogP contribution is -2.24. The van der Waals surface area contributed by atoms with Crippen LogP contribution in [-0.2, 0) is 16.6 Å². The summed E-state index contributed by atoms with van der Waals surface area (Å²) in [7, 11) is -4.25. The van der Waals surface area contributed by atoms with Gasteiger partial charge >= 0.3 is 5.69 Å². The largest absolute Gasteiger partial charge is 0.360 e. The summed E-state index contributed by atoms with van der Waals surface area (Å²) < 4.78 is 44.1. The van der Waals surface area contributed by atoms with Gasteiger partial charge in [-0.3, -0.25) is 10.1 Å². The Morgan fingerprint density at radius 2 is 2.15 bits per heavy atom. The number of nitrogens with one attached hydrogen (secondary N) is 1. The van der Waals surface area contributed by atoms with Crippen LogP contribution in [0, 0.1) is 15.9 Å². The molecule has 0 saturated carbocycles. The number of aromatic nitrogens is 1. The third kappa shape index (κ3) is 2.81. The van der Waals surface area contributed by atoms with Crippen LogP contribution in [0.4, 0.5) is 10.1 Å². The molecule has 0 aliphatic rings. The van der Waals surface area contributed by atoms with Crippen LogP contribution in [0.1, 0.15) is 5.76 Å². The summed E-state index contributed by atoms with van der Waals surface area (Å²) in [6.07, 6.45) is 1.31. The summed E-state index contributed by atoms with van der Waals surface area (Å²) in [6, 6.07) is 4.26. The molecular formula is C10H8FN3O5S. The SMILES string of the molecule is O=[N+]([O-])c1c(F)cccc1S(=O)(=O)NCc1ccno1. The Bertz CT molecular complexity index is 729. The number of benzene rings is 1. The Labute approximate surface area is 112 Å². The van der Waals surface area contributed by atoms with Gasteiger partial charge in [-0.15, -0.1) is 0 Å². The zero-order chi connectivity index (χ0) is 14.8. The Hall–Kier alpha value is -2.33. The first kappa shape index (κ1) is 14.1. The second-order valence-corrected chi connectivity index (χ2v) is 5.38. The second kappa shape index (κ2) is 5.35. The Morgan fingerprint density at radius 3 is 2.75 bits per heavy atom. The minimum Gasteiger partial charge on any atom is -0.360 e. The topological polar surface area (TPSA) is 115 Å². The molecule has 0 bridgehead atoms. The fourth-order valence-corrected chi connectivity index (χ4v) is 2.64. The van der Waals surface area contributed by atoms with Crippen LogP contribution in [0.2, 0.25) is 0 Å². The van der Waals surface area contributed by atoms with E-state index in [2.05, 4.69) is 14.4 Å². The first-order chi connectivity index (χ1) is 9.42. The molecule has 0 atom stereocenters. The van der Waals surface area contributed by atoms with Crippen LogP contribution in [0.15, 0.2) is 39.9 Å². The van der Waals surface area contributed by atoms with E-state index in [1.54, 1.807) is 0 Å². The molecule has 0 radical (unpaired) electrons. The number of rotatable bonds is 5. The van der Waals surface area contributed by atoms with E-state index < -0.39 is 31.3 Å². The Kier molecular flexibility index (Phi) is 3.77. The van der Waals surface area contributed by atoms with E-state index in [1.807, 2.05) is 0 Å². The number of nitro benzene ring substituents is 1. The average molecular weight is 301 g/mol. The lowest BCUT2D eigenvalue weighted by molar-refractivity contribution is -0.390. The molecule has 10 heteroatoms. The van der Waals surface area contributed by atoms with Crippen molar-refractivity contribution in [3.63, 3.8) is 0 Å². The maximum atomic E-state index is 13.4. The van der Waals surface area contributed by atoms with E-state index in [0.29, 0.717) is 0 Å². The van der Waals surface area contributed by atoms with Gasteiger partial charge in [0.15, 0.2) is 10.7 Å². The van der Waals surface area contributed by atoms with E-state index >= 15 is 0 Å². The number of halogens is 1. The van der Waals surface area contributed by atoms with Crippen LogP contribution >= 0.6 is 0 Å². The smallest absolute Gasteiger partial charge is 0.324 e. The molecule has 0 aliphatic carbocycles. The van der Waals surface area contributed by atoms with Gasteiger partial charge in [0.2, 0.25) is 15.8 Å². The lowest BCUT2D eigenvalue weighted by atomic mass is 10.3. The maximum Gasteiger partial charge on any atom is 0.324 e. The fourth-order valence-electron chi connectivity index (χ4n) is 1.47. The van der Waals surface area contributed by atoms with E-state index in [0.717, 1.165) is 18.2 Å². The molecule has 1 heterocycles. The molecule has 20 heavy (non-hydrogen) atoms. The van der Waals surface area contributed by atoms with Gasteiger partial charge in [0.1, 0.15) is 0 Å². The highest BCUT2D eigenvalue weighted by Crippen LogP contribution is 2.26. The fraction of sp³-hybridized carbons (Fsp3) is 0.100. The molecule has 0 saturated heterocycles. The van der Waals surface area contributed by atoms with Crippen molar-refractivity contribution in [1.82, 2.24) is 9.88 Å². The predicted octanol–water partition coefficient (Wildman–Crippen LogP) is 1.20. The number of para-hydroxylation sites is 1. The Balaban J connectivity index is 2.34. The molecule has 106 valence electrons. The summed E-state index contributed by atoms with van der Waals surface area (Å²) in [4.78, 5) is 8.93. The highest BCUT2D eigenvalue weighted by molar-refractivity contribution is 7.89. The van der Waals surface area contributed by atoms with E-state index in [4.69, 9.17) is 0 Å². The third-order valence-electron chi connectivity index (χ3n) is 2.35. The van der Waals surface area contributed by atoms with Gasteiger partial charge < -0.3 is 4.52 Å². The van der Waals surface area contributed by atoms with Crippen molar-refractivity contribution < 1.29 is 22.3 Å². The molecule has 2 rings (SSSR count). The predicted molar refractivity (Wildman–Crippen MR) is 63.6 cm³/mol. The van der Waals surface area contributed by atoms with Crippen LogP contribution in [0.25, 0.3) is 0 Å². The van der Waals surface area contributed by atoms with Crippen LogP contribution in [-0.4, -0.2) is 18.5 Å². The molecule has 0 spiro atoms. The molecule has 1 N–H and O–H groups in total. The lowest BCUT2D eigenvalue weighted by Gasteiger charge is -2.06. The summed E-state index contributed by atoms with van der Waals surface area (Å²) in [5.41, 5.74) is -1.10. The van der Waals surface area contributed by atoms with Gasteiger partial charge in [0.25, 0.3) is 0 Å². The molecule has 1 aromatic carbocycles. The first-order valence-corrected chi connectivity index (χ1v) is 6.72. The van der Waals surface area contributed by atoms with Crippen molar-refractivity contribution in [3.8, 4) is 0 Å². The first-order valence-electron chi connectivity index (χ1n) is 5.24. The van der Waals surface area contributed by atoms with Crippen molar-refractivity contribution in [2.75, 3.05) is 0 Å². The minimum absolute atomic E-state index is 0.215. The van der Waals surface area contributed by atoms with Gasteiger partial charge in [-0.2, -0.15) is 4.39 Å². The summed E-state index contributed by atoms with van der Waals surface area (Å²) in [5, 5.41) is 14.1. The van der Waals surface area contributed by atoms with Crippen molar-refractivity contribution in [3.05, 3.63) is 52.2 Å².